The molecule has 1 aromatic rings. The molecule has 0 atom stereocenters. The molecule has 0 bridgehead atoms. The molecule has 1 saturated carbocycles. The Morgan fingerprint density at radius 1 is 1.48 bits per heavy atom. The Labute approximate surface area is 135 Å². The lowest BCUT2D eigenvalue weighted by Gasteiger charge is -2.32. The lowest BCUT2D eigenvalue weighted by Crippen LogP contribution is -2.37. The molecule has 0 radical (unpaired) electrons. The topological polar surface area (TPSA) is 45.2 Å². The molecule has 0 aliphatic heterocycles. The van der Waals surface area contributed by atoms with Crippen molar-refractivity contribution in [1.82, 2.24) is 9.88 Å². The number of pyridine rings is 1. The number of amides is 1. The van der Waals surface area contributed by atoms with E-state index in [0.29, 0.717) is 17.3 Å². The average Bonchev–Trinajstić information content (AvgIpc) is 2.44. The first-order chi connectivity index (χ1) is 10.2. The van der Waals surface area contributed by atoms with Crippen LogP contribution in [0.4, 0.5) is 5.82 Å². The minimum absolute atomic E-state index is 0.0804. The van der Waals surface area contributed by atoms with Crippen molar-refractivity contribution in [2.75, 3.05) is 25.0 Å². The monoisotopic (exact) mass is 353 g/mol. The standard InChI is InChI=1S/C16H24BrN3O/c1-3-8-18-15-14(9-13(17)10-19-15)16(21)20(4-2)11-12-6-5-7-12/h9-10,12H,3-8,11H2,1-2H3,(H,18,19). The highest BCUT2D eigenvalue weighted by Crippen LogP contribution is 2.28. The Kier molecular flexibility index (Phi) is 6.03. The second-order valence-electron chi connectivity index (χ2n) is 5.62. The van der Waals surface area contributed by atoms with Crippen molar-refractivity contribution in [3.63, 3.8) is 0 Å². The highest BCUT2D eigenvalue weighted by Gasteiger charge is 2.25. The first-order valence-corrected chi connectivity index (χ1v) is 8.63. The third-order valence-electron chi connectivity index (χ3n) is 4.00. The Morgan fingerprint density at radius 2 is 2.24 bits per heavy atom. The molecule has 1 amide bonds. The van der Waals surface area contributed by atoms with Crippen LogP contribution in [0.15, 0.2) is 16.7 Å². The Bertz CT molecular complexity index is 488. The number of carbonyl (C=O) groups excluding carboxylic acids is 1. The predicted octanol–water partition coefficient (Wildman–Crippen LogP) is 3.93. The van der Waals surface area contributed by atoms with Crippen molar-refractivity contribution < 1.29 is 4.79 Å². The van der Waals surface area contributed by atoms with Gasteiger partial charge in [-0.3, -0.25) is 4.79 Å². The van der Waals surface area contributed by atoms with Crippen molar-refractivity contribution in [2.45, 2.75) is 39.5 Å². The van der Waals surface area contributed by atoms with E-state index in [1.807, 2.05) is 17.9 Å². The van der Waals surface area contributed by atoms with Crippen molar-refractivity contribution in [2.24, 2.45) is 5.92 Å². The van der Waals surface area contributed by atoms with E-state index < -0.39 is 0 Å². The highest BCUT2D eigenvalue weighted by molar-refractivity contribution is 9.10. The molecule has 5 heteroatoms. The number of nitrogens with zero attached hydrogens (tertiary/aromatic N) is 2. The zero-order chi connectivity index (χ0) is 15.2. The molecule has 0 aromatic carbocycles. The van der Waals surface area contributed by atoms with Gasteiger partial charge in [0.25, 0.3) is 5.91 Å². The number of anilines is 1. The highest BCUT2D eigenvalue weighted by atomic mass is 79.9. The smallest absolute Gasteiger partial charge is 0.257 e. The van der Waals surface area contributed by atoms with Crippen LogP contribution in [0.25, 0.3) is 0 Å². The van der Waals surface area contributed by atoms with Gasteiger partial charge in [0, 0.05) is 30.3 Å². The van der Waals surface area contributed by atoms with Gasteiger partial charge in [0.05, 0.1) is 5.56 Å². The average molecular weight is 354 g/mol. The number of aromatic nitrogens is 1. The second-order valence-corrected chi connectivity index (χ2v) is 6.53. The molecule has 1 fully saturated rings. The molecule has 4 nitrogen and oxygen atoms in total. The number of nitrogens with one attached hydrogen (secondary N) is 1. The maximum atomic E-state index is 12.8. The number of hydrogen-bond donors (Lipinski definition) is 1. The van der Waals surface area contributed by atoms with Gasteiger partial charge in [0.1, 0.15) is 5.82 Å². The number of hydrogen-bond acceptors (Lipinski definition) is 3. The second kappa shape index (κ2) is 7.78. The van der Waals surface area contributed by atoms with Crippen LogP contribution >= 0.6 is 15.9 Å². The fourth-order valence-corrected chi connectivity index (χ4v) is 2.83. The van der Waals surface area contributed by atoms with Crippen LogP contribution in [0, 0.1) is 5.92 Å². The van der Waals surface area contributed by atoms with Crippen molar-refractivity contribution >= 4 is 27.7 Å². The van der Waals surface area contributed by atoms with Crippen LogP contribution in [0.3, 0.4) is 0 Å². The van der Waals surface area contributed by atoms with Gasteiger partial charge < -0.3 is 10.2 Å². The minimum Gasteiger partial charge on any atom is -0.369 e. The van der Waals surface area contributed by atoms with E-state index in [1.54, 1.807) is 6.20 Å². The zero-order valence-corrected chi connectivity index (χ0v) is 14.4. The number of rotatable bonds is 7. The molecule has 1 aromatic heterocycles. The quantitative estimate of drug-likeness (QED) is 0.807. The molecule has 2 rings (SSSR count). The van der Waals surface area contributed by atoms with Gasteiger partial charge in [-0.15, -0.1) is 0 Å². The molecule has 1 heterocycles. The van der Waals surface area contributed by atoms with Crippen molar-refractivity contribution in [3.05, 3.63) is 22.3 Å². The predicted molar refractivity (Wildman–Crippen MR) is 89.6 cm³/mol. The molecule has 0 unspecified atom stereocenters. The lowest BCUT2D eigenvalue weighted by atomic mass is 9.85. The van der Waals surface area contributed by atoms with Gasteiger partial charge in [-0.1, -0.05) is 13.3 Å². The molecule has 1 N–H and O–H groups in total. The molecular formula is C16H24BrN3O. The van der Waals surface area contributed by atoms with Gasteiger partial charge in [0.2, 0.25) is 0 Å². The summed E-state index contributed by atoms with van der Waals surface area (Å²) >= 11 is 3.42. The van der Waals surface area contributed by atoms with Crippen LogP contribution < -0.4 is 5.32 Å². The fraction of sp³-hybridized carbons (Fsp3) is 0.625. The van der Waals surface area contributed by atoms with Crippen molar-refractivity contribution in [1.29, 1.82) is 0 Å². The maximum absolute atomic E-state index is 12.8. The molecule has 0 saturated heterocycles. The van der Waals surface area contributed by atoms with E-state index in [1.165, 1.54) is 19.3 Å². The van der Waals surface area contributed by atoms with Crippen LogP contribution in [-0.4, -0.2) is 35.4 Å². The SMILES string of the molecule is CCCNc1ncc(Br)cc1C(=O)N(CC)CC1CCC1. The molecule has 116 valence electrons. The molecule has 21 heavy (non-hydrogen) atoms. The summed E-state index contributed by atoms with van der Waals surface area (Å²) in [7, 11) is 0. The maximum Gasteiger partial charge on any atom is 0.257 e. The van der Waals surface area contributed by atoms with Gasteiger partial charge in [-0.2, -0.15) is 0 Å². The fourth-order valence-electron chi connectivity index (χ4n) is 2.50. The van der Waals surface area contributed by atoms with E-state index in [4.69, 9.17) is 0 Å². The van der Waals surface area contributed by atoms with Gasteiger partial charge in [-0.25, -0.2) is 4.98 Å². The van der Waals surface area contributed by atoms with Crippen LogP contribution in [-0.2, 0) is 0 Å². The van der Waals surface area contributed by atoms with E-state index >= 15 is 0 Å². The van der Waals surface area contributed by atoms with Crippen molar-refractivity contribution in [3.8, 4) is 0 Å². The van der Waals surface area contributed by atoms with Gasteiger partial charge in [0.15, 0.2) is 0 Å². The molecular weight excluding hydrogens is 330 g/mol. The normalized spacial score (nSPS) is 14.6. The summed E-state index contributed by atoms with van der Waals surface area (Å²) in [6.45, 7) is 6.58. The largest absolute Gasteiger partial charge is 0.369 e. The van der Waals surface area contributed by atoms with Crippen LogP contribution in [0.1, 0.15) is 49.9 Å². The van der Waals surface area contributed by atoms with E-state index in [2.05, 4.69) is 33.2 Å². The summed E-state index contributed by atoms with van der Waals surface area (Å²) in [5.74, 6) is 1.45. The van der Waals surface area contributed by atoms with E-state index in [0.717, 1.165) is 30.5 Å². The summed E-state index contributed by atoms with van der Waals surface area (Å²) in [5.41, 5.74) is 0.666. The zero-order valence-electron chi connectivity index (χ0n) is 12.9. The Balaban J connectivity index is 2.16. The van der Waals surface area contributed by atoms with E-state index in [-0.39, 0.29) is 5.91 Å². The summed E-state index contributed by atoms with van der Waals surface area (Å²) in [6.07, 6.45) is 6.54. The first-order valence-electron chi connectivity index (χ1n) is 7.84. The molecule has 1 aliphatic rings. The molecule has 0 spiro atoms. The summed E-state index contributed by atoms with van der Waals surface area (Å²) < 4.78 is 0.840. The summed E-state index contributed by atoms with van der Waals surface area (Å²) in [5, 5.41) is 3.25. The lowest BCUT2D eigenvalue weighted by molar-refractivity contribution is 0.0707. The van der Waals surface area contributed by atoms with E-state index in [9.17, 15) is 4.79 Å². The van der Waals surface area contributed by atoms with Crippen LogP contribution in [0.5, 0.6) is 0 Å². The summed E-state index contributed by atoms with van der Waals surface area (Å²) in [4.78, 5) is 19.1. The van der Waals surface area contributed by atoms with Gasteiger partial charge >= 0.3 is 0 Å². The first kappa shape index (κ1) is 16.3. The molecule has 1 aliphatic carbocycles. The number of carbonyl (C=O) groups is 1. The third kappa shape index (κ3) is 4.19. The number of halogens is 1. The van der Waals surface area contributed by atoms with Crippen LogP contribution in [0.2, 0.25) is 0 Å². The van der Waals surface area contributed by atoms with Gasteiger partial charge in [-0.05, 0) is 54.1 Å². The Hall–Kier alpha value is -1.10. The third-order valence-corrected chi connectivity index (χ3v) is 4.43. The minimum atomic E-state index is 0.0804. The Morgan fingerprint density at radius 3 is 2.81 bits per heavy atom. The summed E-state index contributed by atoms with van der Waals surface area (Å²) in [6, 6.07) is 1.87.